The van der Waals surface area contributed by atoms with E-state index in [-0.39, 0.29) is 12.4 Å². The first-order valence-electron chi connectivity index (χ1n) is 6.38. The molecule has 0 unspecified atom stereocenters. The Kier molecular flexibility index (Phi) is 4.84. The van der Waals surface area contributed by atoms with Gasteiger partial charge in [0.15, 0.2) is 5.82 Å². The van der Waals surface area contributed by atoms with Gasteiger partial charge in [0.2, 0.25) is 0 Å². The molecular weight excluding hydrogens is 256 g/mol. The van der Waals surface area contributed by atoms with Gasteiger partial charge in [0.1, 0.15) is 6.33 Å². The zero-order chi connectivity index (χ0) is 14.4. The summed E-state index contributed by atoms with van der Waals surface area (Å²) >= 11 is 0. The minimum Gasteiger partial charge on any atom is -0.469 e. The van der Waals surface area contributed by atoms with Crippen molar-refractivity contribution in [2.24, 2.45) is 7.05 Å². The number of nitrogens with one attached hydrogen (secondary N) is 1. The standard InChI is InChI=1S/C14H18N4O2/c1-18-10-16-13(17-18)9-15-8-12-6-4-3-5-11(12)7-14(19)20-2/h3-6,10,15H,7-9H2,1-2H3. The fraction of sp³-hybridized carbons (Fsp3) is 0.357. The fourth-order valence-corrected chi connectivity index (χ4v) is 1.90. The van der Waals surface area contributed by atoms with Gasteiger partial charge in [0.05, 0.1) is 20.1 Å². The van der Waals surface area contributed by atoms with Crippen LogP contribution in [0.2, 0.25) is 0 Å². The maximum Gasteiger partial charge on any atom is 0.309 e. The monoisotopic (exact) mass is 274 g/mol. The minimum atomic E-state index is -0.233. The predicted octanol–water partition coefficient (Wildman–Crippen LogP) is 0.820. The first kappa shape index (κ1) is 14.2. The molecule has 0 radical (unpaired) electrons. The Labute approximate surface area is 117 Å². The molecule has 0 saturated heterocycles. The van der Waals surface area contributed by atoms with Crippen molar-refractivity contribution in [3.8, 4) is 0 Å². The van der Waals surface area contributed by atoms with Gasteiger partial charge in [-0.25, -0.2) is 4.98 Å². The number of nitrogens with zero attached hydrogens (tertiary/aromatic N) is 3. The van der Waals surface area contributed by atoms with E-state index in [1.54, 1.807) is 11.0 Å². The van der Waals surface area contributed by atoms with E-state index in [2.05, 4.69) is 15.4 Å². The van der Waals surface area contributed by atoms with E-state index < -0.39 is 0 Å². The number of rotatable bonds is 6. The fourth-order valence-electron chi connectivity index (χ4n) is 1.90. The zero-order valence-corrected chi connectivity index (χ0v) is 11.7. The lowest BCUT2D eigenvalue weighted by Gasteiger charge is -2.09. The Bertz CT molecular complexity index is 580. The second-order valence-corrected chi connectivity index (χ2v) is 4.46. The van der Waals surface area contributed by atoms with Crippen molar-refractivity contribution in [1.29, 1.82) is 0 Å². The van der Waals surface area contributed by atoms with Crippen LogP contribution in [-0.4, -0.2) is 27.8 Å². The molecular formula is C14H18N4O2. The number of hydrogen-bond donors (Lipinski definition) is 1. The Hall–Kier alpha value is -2.21. The predicted molar refractivity (Wildman–Crippen MR) is 73.7 cm³/mol. The van der Waals surface area contributed by atoms with Crippen LogP contribution in [0.3, 0.4) is 0 Å². The second-order valence-electron chi connectivity index (χ2n) is 4.46. The second kappa shape index (κ2) is 6.81. The molecule has 1 aromatic heterocycles. The molecule has 0 fully saturated rings. The molecule has 6 nitrogen and oxygen atoms in total. The highest BCUT2D eigenvalue weighted by atomic mass is 16.5. The van der Waals surface area contributed by atoms with Gasteiger partial charge in [-0.2, -0.15) is 5.10 Å². The molecule has 1 N–H and O–H groups in total. The molecule has 1 aromatic carbocycles. The topological polar surface area (TPSA) is 69.0 Å². The molecule has 0 spiro atoms. The van der Waals surface area contributed by atoms with Crippen LogP contribution < -0.4 is 5.32 Å². The van der Waals surface area contributed by atoms with Gasteiger partial charge in [-0.1, -0.05) is 24.3 Å². The van der Waals surface area contributed by atoms with Crippen molar-refractivity contribution in [2.45, 2.75) is 19.5 Å². The maximum absolute atomic E-state index is 11.4. The van der Waals surface area contributed by atoms with Crippen LogP contribution in [0.1, 0.15) is 17.0 Å². The van der Waals surface area contributed by atoms with E-state index in [0.717, 1.165) is 17.0 Å². The number of hydrogen-bond acceptors (Lipinski definition) is 5. The van der Waals surface area contributed by atoms with Crippen LogP contribution >= 0.6 is 0 Å². The van der Waals surface area contributed by atoms with Crippen molar-refractivity contribution >= 4 is 5.97 Å². The number of carbonyl (C=O) groups is 1. The molecule has 1 heterocycles. The van der Waals surface area contributed by atoms with Crippen molar-refractivity contribution in [3.05, 3.63) is 47.5 Å². The number of methoxy groups -OCH3 is 1. The number of aryl methyl sites for hydroxylation is 1. The summed E-state index contributed by atoms with van der Waals surface area (Å²) in [6.07, 6.45) is 1.96. The third-order valence-corrected chi connectivity index (χ3v) is 2.93. The van der Waals surface area contributed by atoms with Gasteiger partial charge in [-0.3, -0.25) is 9.48 Å². The summed E-state index contributed by atoms with van der Waals surface area (Å²) < 4.78 is 6.37. The summed E-state index contributed by atoms with van der Waals surface area (Å²) in [4.78, 5) is 15.5. The third kappa shape index (κ3) is 3.89. The van der Waals surface area contributed by atoms with E-state index in [9.17, 15) is 4.79 Å². The van der Waals surface area contributed by atoms with Gasteiger partial charge in [-0.15, -0.1) is 0 Å². The van der Waals surface area contributed by atoms with Crippen LogP contribution in [0.25, 0.3) is 0 Å². The van der Waals surface area contributed by atoms with Crippen molar-refractivity contribution in [2.75, 3.05) is 7.11 Å². The van der Waals surface area contributed by atoms with E-state index in [0.29, 0.717) is 13.1 Å². The van der Waals surface area contributed by atoms with Gasteiger partial charge in [0, 0.05) is 13.6 Å². The molecule has 0 aliphatic heterocycles. The number of ether oxygens (including phenoxy) is 1. The average molecular weight is 274 g/mol. The van der Waals surface area contributed by atoms with Crippen molar-refractivity contribution in [3.63, 3.8) is 0 Å². The summed E-state index contributed by atoms with van der Waals surface area (Å²) in [5.74, 6) is 0.516. The SMILES string of the molecule is COC(=O)Cc1ccccc1CNCc1ncn(C)n1. The summed E-state index contributed by atoms with van der Waals surface area (Å²) in [7, 11) is 3.23. The Morgan fingerprint density at radius 3 is 2.70 bits per heavy atom. The van der Waals surface area contributed by atoms with Crippen LogP contribution in [0.15, 0.2) is 30.6 Å². The van der Waals surface area contributed by atoms with Crippen LogP contribution in [0.4, 0.5) is 0 Å². The van der Waals surface area contributed by atoms with Crippen LogP contribution in [0, 0.1) is 0 Å². The third-order valence-electron chi connectivity index (χ3n) is 2.93. The number of carbonyl (C=O) groups excluding carboxylic acids is 1. The largest absolute Gasteiger partial charge is 0.469 e. The molecule has 0 aliphatic carbocycles. The van der Waals surface area contributed by atoms with Gasteiger partial charge >= 0.3 is 5.97 Å². The lowest BCUT2D eigenvalue weighted by molar-refractivity contribution is -0.139. The van der Waals surface area contributed by atoms with Gasteiger partial charge in [-0.05, 0) is 11.1 Å². The Morgan fingerprint density at radius 2 is 2.05 bits per heavy atom. The molecule has 0 atom stereocenters. The lowest BCUT2D eigenvalue weighted by atomic mass is 10.0. The highest BCUT2D eigenvalue weighted by Gasteiger charge is 2.07. The maximum atomic E-state index is 11.4. The first-order chi connectivity index (χ1) is 9.69. The summed E-state index contributed by atoms with van der Waals surface area (Å²) in [6.45, 7) is 1.25. The van der Waals surface area contributed by atoms with E-state index >= 15 is 0 Å². The van der Waals surface area contributed by atoms with E-state index in [4.69, 9.17) is 4.74 Å². The van der Waals surface area contributed by atoms with Gasteiger partial charge in [0.25, 0.3) is 0 Å². The molecule has 20 heavy (non-hydrogen) atoms. The highest BCUT2D eigenvalue weighted by molar-refractivity contribution is 5.72. The number of esters is 1. The molecule has 0 bridgehead atoms. The first-order valence-corrected chi connectivity index (χ1v) is 6.38. The molecule has 6 heteroatoms. The normalized spacial score (nSPS) is 10.5. The zero-order valence-electron chi connectivity index (χ0n) is 11.7. The van der Waals surface area contributed by atoms with Crippen LogP contribution in [-0.2, 0) is 36.1 Å². The number of benzene rings is 1. The average Bonchev–Trinajstić information content (AvgIpc) is 2.86. The van der Waals surface area contributed by atoms with Crippen molar-refractivity contribution < 1.29 is 9.53 Å². The number of aromatic nitrogens is 3. The quantitative estimate of drug-likeness (QED) is 0.790. The molecule has 2 aromatic rings. The Balaban J connectivity index is 1.93. The molecule has 106 valence electrons. The highest BCUT2D eigenvalue weighted by Crippen LogP contribution is 2.10. The Morgan fingerprint density at radius 1 is 1.30 bits per heavy atom. The molecule has 0 aliphatic rings. The van der Waals surface area contributed by atoms with Crippen LogP contribution in [0.5, 0.6) is 0 Å². The van der Waals surface area contributed by atoms with Gasteiger partial charge < -0.3 is 10.1 Å². The lowest BCUT2D eigenvalue weighted by Crippen LogP contribution is -2.16. The summed E-state index contributed by atoms with van der Waals surface area (Å²) in [5.41, 5.74) is 2.05. The smallest absolute Gasteiger partial charge is 0.309 e. The molecule has 0 amide bonds. The summed E-state index contributed by atoms with van der Waals surface area (Å²) in [5, 5.41) is 7.47. The summed E-state index contributed by atoms with van der Waals surface area (Å²) in [6, 6.07) is 7.81. The van der Waals surface area contributed by atoms with Crippen molar-refractivity contribution in [1.82, 2.24) is 20.1 Å². The van der Waals surface area contributed by atoms with E-state index in [1.807, 2.05) is 31.3 Å². The molecule has 2 rings (SSSR count). The van der Waals surface area contributed by atoms with E-state index in [1.165, 1.54) is 7.11 Å². The minimum absolute atomic E-state index is 0.233. The molecule has 0 saturated carbocycles.